The molecule has 0 radical (unpaired) electrons. The van der Waals surface area contributed by atoms with E-state index >= 15 is 0 Å². The van der Waals surface area contributed by atoms with Crippen molar-refractivity contribution < 1.29 is 22.1 Å². The highest BCUT2D eigenvalue weighted by Gasteiger charge is 2.35. The summed E-state index contributed by atoms with van der Waals surface area (Å²) in [5.74, 6) is -0.821. The van der Waals surface area contributed by atoms with Gasteiger partial charge >= 0.3 is 6.18 Å². The molecule has 1 unspecified atom stereocenters. The van der Waals surface area contributed by atoms with E-state index in [4.69, 9.17) is 4.52 Å². The molecule has 0 amide bonds. The van der Waals surface area contributed by atoms with Crippen LogP contribution < -0.4 is 0 Å². The molecule has 0 bridgehead atoms. The third kappa shape index (κ3) is 2.87. The molecule has 29 heavy (non-hydrogen) atoms. The van der Waals surface area contributed by atoms with Crippen LogP contribution >= 0.6 is 0 Å². The third-order valence-corrected chi connectivity index (χ3v) is 5.36. The van der Waals surface area contributed by atoms with Gasteiger partial charge in [0.15, 0.2) is 5.76 Å². The van der Waals surface area contributed by atoms with Gasteiger partial charge in [0, 0.05) is 35.9 Å². The molecule has 3 aromatic rings. The predicted molar refractivity (Wildman–Crippen MR) is 97.2 cm³/mol. The van der Waals surface area contributed by atoms with Crippen molar-refractivity contribution >= 4 is 6.21 Å². The lowest BCUT2D eigenvalue weighted by Gasteiger charge is -2.10. The van der Waals surface area contributed by atoms with Crippen LogP contribution in [0.15, 0.2) is 27.7 Å². The van der Waals surface area contributed by atoms with Crippen molar-refractivity contribution in [2.24, 2.45) is 4.99 Å². The molecule has 0 aliphatic carbocycles. The Labute approximate surface area is 163 Å². The quantitative estimate of drug-likeness (QED) is 0.554. The fourth-order valence-corrected chi connectivity index (χ4v) is 4.00. The minimum atomic E-state index is -4.79. The van der Waals surface area contributed by atoms with Crippen LogP contribution in [-0.2, 0) is 25.6 Å². The van der Waals surface area contributed by atoms with Gasteiger partial charge in [0.2, 0.25) is 0 Å². The first kappa shape index (κ1) is 18.1. The van der Waals surface area contributed by atoms with Crippen molar-refractivity contribution in [1.29, 1.82) is 0 Å². The molecule has 0 N–H and O–H groups in total. The van der Waals surface area contributed by atoms with Crippen molar-refractivity contribution in [2.75, 3.05) is 0 Å². The normalized spacial score (nSPS) is 18.2. The van der Waals surface area contributed by atoms with E-state index < -0.39 is 17.6 Å². The van der Waals surface area contributed by atoms with E-state index in [1.54, 1.807) is 6.21 Å². The number of fused-ring (bicyclic) bond motifs is 5. The number of aryl methyl sites for hydroxylation is 1. The topological polar surface area (TPSA) is 56.2 Å². The number of benzene rings is 1. The molecule has 5 rings (SSSR count). The zero-order valence-corrected chi connectivity index (χ0v) is 15.4. The molecule has 0 fully saturated rings. The summed E-state index contributed by atoms with van der Waals surface area (Å²) in [6, 6.07) is 3.04. The van der Waals surface area contributed by atoms with Gasteiger partial charge in [-0.2, -0.15) is 18.3 Å². The molecule has 2 aliphatic rings. The van der Waals surface area contributed by atoms with Gasteiger partial charge in [-0.25, -0.2) is 4.39 Å². The second-order valence-electron chi connectivity index (χ2n) is 7.40. The Kier molecular flexibility index (Phi) is 3.91. The molecular formula is C20H16F4N4O. The van der Waals surface area contributed by atoms with Gasteiger partial charge in [-0.15, -0.1) is 0 Å². The molecule has 0 saturated heterocycles. The highest BCUT2D eigenvalue weighted by Crippen LogP contribution is 2.40. The minimum Gasteiger partial charge on any atom is -0.354 e. The molecular weight excluding hydrogens is 388 g/mol. The highest BCUT2D eigenvalue weighted by molar-refractivity contribution is 5.92. The lowest BCUT2D eigenvalue weighted by Crippen LogP contribution is -2.11. The summed E-state index contributed by atoms with van der Waals surface area (Å²) < 4.78 is 60.6. The first-order valence-electron chi connectivity index (χ1n) is 9.32. The molecule has 2 aliphatic heterocycles. The predicted octanol–water partition coefficient (Wildman–Crippen LogP) is 4.67. The minimum absolute atomic E-state index is 0.145. The van der Waals surface area contributed by atoms with Crippen LogP contribution in [0.25, 0.3) is 22.7 Å². The lowest BCUT2D eigenvalue weighted by atomic mass is 9.98. The van der Waals surface area contributed by atoms with Gasteiger partial charge in [0.05, 0.1) is 17.3 Å². The van der Waals surface area contributed by atoms with E-state index in [0.717, 1.165) is 41.9 Å². The summed E-state index contributed by atoms with van der Waals surface area (Å²) in [5.41, 5.74) is 2.41. The van der Waals surface area contributed by atoms with Gasteiger partial charge in [-0.3, -0.25) is 9.67 Å². The average Bonchev–Trinajstić information content (AvgIpc) is 3.17. The molecule has 150 valence electrons. The molecule has 0 spiro atoms. The maximum absolute atomic E-state index is 13.7. The number of nitrogens with zero attached hydrogens (tertiary/aromatic N) is 4. The van der Waals surface area contributed by atoms with Crippen LogP contribution in [0.1, 0.15) is 35.7 Å². The number of halogens is 4. The monoisotopic (exact) mass is 404 g/mol. The van der Waals surface area contributed by atoms with E-state index in [1.807, 2.05) is 11.6 Å². The van der Waals surface area contributed by atoms with E-state index in [-0.39, 0.29) is 11.6 Å². The number of aliphatic imine (C=N–C) groups is 1. The van der Waals surface area contributed by atoms with Gasteiger partial charge in [-0.1, -0.05) is 5.16 Å². The largest absolute Gasteiger partial charge is 0.419 e. The summed E-state index contributed by atoms with van der Waals surface area (Å²) in [6.07, 6.45) is -0.993. The molecule has 9 heteroatoms. The third-order valence-electron chi connectivity index (χ3n) is 5.36. The molecule has 5 nitrogen and oxygen atoms in total. The molecule has 4 heterocycles. The SMILES string of the molecule is CC1Cc2nn3c(c2C=N1)-c1onc(-c2ccc(F)c(C(F)(F)F)c2)c1CCC3. The summed E-state index contributed by atoms with van der Waals surface area (Å²) >= 11 is 0. The Hall–Kier alpha value is -2.97. The van der Waals surface area contributed by atoms with Crippen molar-refractivity contribution in [1.82, 2.24) is 14.9 Å². The molecule has 1 aromatic carbocycles. The van der Waals surface area contributed by atoms with Crippen LogP contribution in [-0.4, -0.2) is 27.2 Å². The second-order valence-corrected chi connectivity index (χ2v) is 7.40. The van der Waals surface area contributed by atoms with Gasteiger partial charge in [-0.05, 0) is 38.0 Å². The Morgan fingerprint density at radius 2 is 2.07 bits per heavy atom. The smallest absolute Gasteiger partial charge is 0.354 e. The number of aromatic nitrogens is 3. The number of alkyl halides is 3. The van der Waals surface area contributed by atoms with Gasteiger partial charge in [0.25, 0.3) is 0 Å². The fraction of sp³-hybridized carbons (Fsp3) is 0.350. The Balaban J connectivity index is 1.66. The zero-order chi connectivity index (χ0) is 20.3. The molecule has 0 saturated carbocycles. The number of hydrogen-bond donors (Lipinski definition) is 0. The highest BCUT2D eigenvalue weighted by atomic mass is 19.4. The Morgan fingerprint density at radius 1 is 1.24 bits per heavy atom. The van der Waals surface area contributed by atoms with Gasteiger partial charge in [0.1, 0.15) is 17.2 Å². The van der Waals surface area contributed by atoms with Gasteiger partial charge < -0.3 is 4.52 Å². The maximum Gasteiger partial charge on any atom is 0.419 e. The van der Waals surface area contributed by atoms with Crippen LogP contribution in [0.3, 0.4) is 0 Å². The lowest BCUT2D eigenvalue weighted by molar-refractivity contribution is -0.139. The molecule has 1 atom stereocenters. The summed E-state index contributed by atoms with van der Waals surface area (Å²) in [4.78, 5) is 4.46. The van der Waals surface area contributed by atoms with E-state index in [9.17, 15) is 17.6 Å². The van der Waals surface area contributed by atoms with Crippen molar-refractivity contribution in [3.05, 3.63) is 46.4 Å². The first-order chi connectivity index (χ1) is 13.8. The standard InChI is InChI=1S/C20H16F4N4O/c1-10-7-16-13(9-25-10)18-19-12(3-2-6-28(18)26-16)17(27-29-19)11-4-5-15(21)14(8-11)20(22,23)24/h4-5,8-10H,2-3,6-7H2,1H3. The Morgan fingerprint density at radius 3 is 2.86 bits per heavy atom. The molecule has 2 aromatic heterocycles. The van der Waals surface area contributed by atoms with Crippen LogP contribution in [0, 0.1) is 5.82 Å². The fourth-order valence-electron chi connectivity index (χ4n) is 4.00. The number of hydrogen-bond acceptors (Lipinski definition) is 4. The van der Waals surface area contributed by atoms with E-state index in [0.29, 0.717) is 30.0 Å². The van der Waals surface area contributed by atoms with Crippen LogP contribution in [0.2, 0.25) is 0 Å². The van der Waals surface area contributed by atoms with Crippen LogP contribution in [0.5, 0.6) is 0 Å². The van der Waals surface area contributed by atoms with Crippen LogP contribution in [0.4, 0.5) is 17.6 Å². The van der Waals surface area contributed by atoms with Crippen molar-refractivity contribution in [2.45, 2.75) is 44.9 Å². The second kappa shape index (κ2) is 6.27. The average molecular weight is 404 g/mol. The first-order valence-corrected chi connectivity index (χ1v) is 9.32. The maximum atomic E-state index is 13.7. The summed E-state index contributed by atoms with van der Waals surface area (Å²) in [7, 11) is 0. The summed E-state index contributed by atoms with van der Waals surface area (Å²) in [6.45, 7) is 2.67. The van der Waals surface area contributed by atoms with Crippen molar-refractivity contribution in [3.63, 3.8) is 0 Å². The van der Waals surface area contributed by atoms with Crippen molar-refractivity contribution in [3.8, 4) is 22.7 Å². The summed E-state index contributed by atoms with van der Waals surface area (Å²) in [5, 5.41) is 8.73. The van der Waals surface area contributed by atoms with E-state index in [1.165, 1.54) is 6.07 Å². The Bertz CT molecular complexity index is 1140. The zero-order valence-electron chi connectivity index (χ0n) is 15.4. The number of rotatable bonds is 1. The van der Waals surface area contributed by atoms with E-state index in [2.05, 4.69) is 15.2 Å².